The maximum atomic E-state index is 4.76. The summed E-state index contributed by atoms with van der Waals surface area (Å²) in [5.74, 6) is 0.805. The van der Waals surface area contributed by atoms with Crippen LogP contribution >= 0.6 is 0 Å². The number of hydrogen-bond donors (Lipinski definition) is 1. The molecule has 1 atom stereocenters. The Labute approximate surface area is 84.3 Å². The van der Waals surface area contributed by atoms with E-state index in [0.29, 0.717) is 0 Å². The Morgan fingerprint density at radius 3 is 3.29 bits per heavy atom. The van der Waals surface area contributed by atoms with E-state index >= 15 is 0 Å². The van der Waals surface area contributed by atoms with Gasteiger partial charge in [-0.25, -0.2) is 0 Å². The van der Waals surface area contributed by atoms with E-state index < -0.39 is 0 Å². The van der Waals surface area contributed by atoms with Crippen molar-refractivity contribution in [1.29, 1.82) is 0 Å². The molecule has 0 aromatic carbocycles. The molecule has 14 heavy (non-hydrogen) atoms. The number of aromatic nitrogens is 1. The lowest BCUT2D eigenvalue weighted by Crippen LogP contribution is -2.24. The van der Waals surface area contributed by atoms with E-state index in [-0.39, 0.29) is 0 Å². The summed E-state index contributed by atoms with van der Waals surface area (Å²) < 4.78 is 4.76. The molecule has 1 N–H and O–H groups in total. The maximum Gasteiger partial charge on any atom is 0.128 e. The smallest absolute Gasteiger partial charge is 0.128 e. The van der Waals surface area contributed by atoms with Crippen LogP contribution in [-0.4, -0.2) is 36.7 Å². The molecule has 1 aliphatic heterocycles. The predicted octanol–water partition coefficient (Wildman–Crippen LogP) is 0.716. The van der Waals surface area contributed by atoms with Crippen LogP contribution in [0.4, 0.5) is 0 Å². The number of hydrogen-bond acceptors (Lipinski definition) is 4. The van der Waals surface area contributed by atoms with E-state index in [4.69, 9.17) is 4.52 Å². The molecule has 1 saturated heterocycles. The third kappa shape index (κ3) is 2.56. The molecule has 0 amide bonds. The van der Waals surface area contributed by atoms with Crippen LogP contribution in [0.5, 0.6) is 0 Å². The molecular formula is C10H17N3O. The van der Waals surface area contributed by atoms with Crippen molar-refractivity contribution in [3.8, 4) is 0 Å². The molecule has 2 rings (SSSR count). The van der Waals surface area contributed by atoms with E-state index in [1.807, 2.05) is 0 Å². The molecule has 0 aliphatic carbocycles. The molecule has 4 nitrogen and oxygen atoms in total. The van der Waals surface area contributed by atoms with Gasteiger partial charge in [-0.15, -0.1) is 0 Å². The fourth-order valence-electron chi connectivity index (χ4n) is 1.93. The first kappa shape index (κ1) is 9.68. The lowest BCUT2D eigenvalue weighted by atomic mass is 10.1. The lowest BCUT2D eigenvalue weighted by molar-refractivity contribution is 0.388. The molecule has 78 valence electrons. The Hall–Kier alpha value is -0.870. The summed E-state index contributed by atoms with van der Waals surface area (Å²) in [6, 6.07) is 0. The average molecular weight is 195 g/mol. The fraction of sp³-hybridized carbons (Fsp3) is 0.700. The van der Waals surface area contributed by atoms with Gasteiger partial charge in [-0.1, -0.05) is 5.16 Å². The summed E-state index contributed by atoms with van der Waals surface area (Å²) in [4.78, 5) is 2.38. The van der Waals surface area contributed by atoms with Crippen molar-refractivity contribution in [3.63, 3.8) is 0 Å². The molecule has 1 unspecified atom stereocenters. The molecule has 1 aromatic heterocycles. The molecule has 0 saturated carbocycles. The molecule has 1 aromatic rings. The highest BCUT2D eigenvalue weighted by molar-refractivity contribution is 4.99. The standard InChI is InChI=1S/C10H17N3O/c1-13-3-2-9(7-13)4-11-5-10-6-12-14-8-10/h6,8-9,11H,2-5,7H2,1H3. The summed E-state index contributed by atoms with van der Waals surface area (Å²) in [7, 11) is 2.18. The summed E-state index contributed by atoms with van der Waals surface area (Å²) >= 11 is 0. The molecule has 2 heterocycles. The molecular weight excluding hydrogens is 178 g/mol. The third-order valence-electron chi connectivity index (χ3n) is 2.73. The third-order valence-corrected chi connectivity index (χ3v) is 2.73. The highest BCUT2D eigenvalue weighted by Crippen LogP contribution is 2.12. The summed E-state index contributed by atoms with van der Waals surface area (Å²) in [6.07, 6.45) is 4.76. The first-order valence-corrected chi connectivity index (χ1v) is 5.12. The maximum absolute atomic E-state index is 4.76. The van der Waals surface area contributed by atoms with Crippen LogP contribution < -0.4 is 5.32 Å². The van der Waals surface area contributed by atoms with Gasteiger partial charge in [0.15, 0.2) is 0 Å². The summed E-state index contributed by atoms with van der Waals surface area (Å²) in [5, 5.41) is 7.09. The fourth-order valence-corrected chi connectivity index (χ4v) is 1.93. The van der Waals surface area contributed by atoms with Gasteiger partial charge in [-0.05, 0) is 32.5 Å². The van der Waals surface area contributed by atoms with E-state index in [2.05, 4.69) is 22.4 Å². The van der Waals surface area contributed by atoms with Crippen molar-refractivity contribution in [2.24, 2.45) is 5.92 Å². The molecule has 1 aliphatic rings. The van der Waals surface area contributed by atoms with Crippen LogP contribution in [0.15, 0.2) is 17.0 Å². The van der Waals surface area contributed by atoms with Crippen molar-refractivity contribution in [2.45, 2.75) is 13.0 Å². The Kier molecular flexibility index (Phi) is 3.16. The molecule has 0 radical (unpaired) electrons. The quantitative estimate of drug-likeness (QED) is 0.768. The van der Waals surface area contributed by atoms with Gasteiger partial charge in [0.05, 0.1) is 6.20 Å². The van der Waals surface area contributed by atoms with Crippen molar-refractivity contribution in [2.75, 3.05) is 26.7 Å². The van der Waals surface area contributed by atoms with Gasteiger partial charge in [0.1, 0.15) is 6.26 Å². The zero-order valence-corrected chi connectivity index (χ0v) is 8.57. The van der Waals surface area contributed by atoms with Crippen molar-refractivity contribution in [3.05, 3.63) is 18.0 Å². The van der Waals surface area contributed by atoms with E-state index in [9.17, 15) is 0 Å². The van der Waals surface area contributed by atoms with Crippen LogP contribution in [0, 0.1) is 5.92 Å². The Bertz CT molecular complexity index is 260. The largest absolute Gasteiger partial charge is 0.364 e. The van der Waals surface area contributed by atoms with Crippen LogP contribution in [0.2, 0.25) is 0 Å². The lowest BCUT2D eigenvalue weighted by Gasteiger charge is -2.10. The van der Waals surface area contributed by atoms with Gasteiger partial charge >= 0.3 is 0 Å². The van der Waals surface area contributed by atoms with Crippen molar-refractivity contribution < 1.29 is 4.52 Å². The Balaban J connectivity index is 1.64. The Morgan fingerprint density at radius 2 is 2.64 bits per heavy atom. The number of nitrogens with zero attached hydrogens (tertiary/aromatic N) is 2. The van der Waals surface area contributed by atoms with Crippen LogP contribution in [0.3, 0.4) is 0 Å². The minimum absolute atomic E-state index is 0.805. The van der Waals surface area contributed by atoms with Gasteiger partial charge < -0.3 is 14.7 Å². The van der Waals surface area contributed by atoms with Crippen LogP contribution in [0.1, 0.15) is 12.0 Å². The van der Waals surface area contributed by atoms with Gasteiger partial charge in [0.25, 0.3) is 0 Å². The summed E-state index contributed by atoms with van der Waals surface area (Å²) in [5.41, 5.74) is 1.12. The van der Waals surface area contributed by atoms with Gasteiger partial charge in [-0.2, -0.15) is 0 Å². The zero-order chi connectivity index (χ0) is 9.80. The van der Waals surface area contributed by atoms with E-state index in [0.717, 1.165) is 24.6 Å². The minimum atomic E-state index is 0.805. The summed E-state index contributed by atoms with van der Waals surface area (Å²) in [6.45, 7) is 4.41. The highest BCUT2D eigenvalue weighted by atomic mass is 16.5. The second kappa shape index (κ2) is 4.57. The monoisotopic (exact) mass is 195 g/mol. The van der Waals surface area contributed by atoms with Crippen LogP contribution in [0.25, 0.3) is 0 Å². The second-order valence-electron chi connectivity index (χ2n) is 4.08. The number of rotatable bonds is 4. The molecule has 0 spiro atoms. The topological polar surface area (TPSA) is 41.3 Å². The SMILES string of the molecule is CN1CCC(CNCc2cnoc2)C1. The first-order chi connectivity index (χ1) is 6.84. The van der Waals surface area contributed by atoms with Crippen molar-refractivity contribution in [1.82, 2.24) is 15.4 Å². The zero-order valence-electron chi connectivity index (χ0n) is 8.57. The average Bonchev–Trinajstić information content (AvgIpc) is 2.77. The van der Waals surface area contributed by atoms with Gasteiger partial charge in [0.2, 0.25) is 0 Å². The number of likely N-dealkylation sites (tertiary alicyclic amines) is 1. The highest BCUT2D eigenvalue weighted by Gasteiger charge is 2.18. The van der Waals surface area contributed by atoms with Crippen molar-refractivity contribution >= 4 is 0 Å². The molecule has 4 heteroatoms. The second-order valence-corrected chi connectivity index (χ2v) is 4.08. The van der Waals surface area contributed by atoms with E-state index in [1.54, 1.807) is 12.5 Å². The minimum Gasteiger partial charge on any atom is -0.364 e. The van der Waals surface area contributed by atoms with Gasteiger partial charge in [0, 0.05) is 18.7 Å². The van der Waals surface area contributed by atoms with E-state index in [1.165, 1.54) is 19.5 Å². The normalized spacial score (nSPS) is 23.1. The molecule has 0 bridgehead atoms. The predicted molar refractivity (Wildman–Crippen MR) is 53.8 cm³/mol. The van der Waals surface area contributed by atoms with Crippen LogP contribution in [-0.2, 0) is 6.54 Å². The Morgan fingerprint density at radius 1 is 1.71 bits per heavy atom. The van der Waals surface area contributed by atoms with Gasteiger partial charge in [-0.3, -0.25) is 0 Å². The number of nitrogens with one attached hydrogen (secondary N) is 1. The first-order valence-electron chi connectivity index (χ1n) is 5.12. The molecule has 1 fully saturated rings.